The van der Waals surface area contributed by atoms with E-state index in [1.807, 2.05) is 6.07 Å². The van der Waals surface area contributed by atoms with Crippen molar-refractivity contribution < 1.29 is 5.11 Å². The number of hydrogen-bond acceptors (Lipinski definition) is 2. The van der Waals surface area contributed by atoms with Crippen LogP contribution >= 0.6 is 15.9 Å². The zero-order chi connectivity index (χ0) is 9.14. The Balaban J connectivity index is 3.15. The molecule has 3 N–H and O–H groups in total. The number of aromatic hydroxyl groups is 1. The first-order chi connectivity index (χ1) is 5.66. The predicted octanol–water partition coefficient (Wildman–Crippen LogP) is 2.34. The van der Waals surface area contributed by atoms with E-state index in [2.05, 4.69) is 22.5 Å². The molecule has 0 heterocycles. The highest BCUT2D eigenvalue weighted by molar-refractivity contribution is 9.10. The molecule has 0 spiro atoms. The molecule has 0 aliphatic heterocycles. The van der Waals surface area contributed by atoms with E-state index in [4.69, 9.17) is 5.73 Å². The molecule has 1 atom stereocenters. The van der Waals surface area contributed by atoms with Crippen molar-refractivity contribution in [1.29, 1.82) is 0 Å². The fraction of sp³-hybridized carbons (Fsp3) is 0.111. The summed E-state index contributed by atoms with van der Waals surface area (Å²) in [6.45, 7) is 3.56. The minimum Gasteiger partial charge on any atom is -0.506 e. The number of phenols is 1. The van der Waals surface area contributed by atoms with Gasteiger partial charge in [-0.2, -0.15) is 0 Å². The van der Waals surface area contributed by atoms with Crippen molar-refractivity contribution in [2.75, 3.05) is 0 Å². The number of hydrogen-bond donors (Lipinski definition) is 2. The van der Waals surface area contributed by atoms with E-state index in [1.165, 1.54) is 0 Å². The lowest BCUT2D eigenvalue weighted by Crippen LogP contribution is -2.06. The zero-order valence-electron chi connectivity index (χ0n) is 6.50. The molecule has 0 bridgehead atoms. The molecule has 0 amide bonds. The Morgan fingerprint density at radius 3 is 2.83 bits per heavy atom. The van der Waals surface area contributed by atoms with Crippen LogP contribution in [0.1, 0.15) is 11.6 Å². The monoisotopic (exact) mass is 227 g/mol. The van der Waals surface area contributed by atoms with Gasteiger partial charge in [-0.3, -0.25) is 0 Å². The van der Waals surface area contributed by atoms with E-state index in [0.717, 1.165) is 0 Å². The van der Waals surface area contributed by atoms with Crippen molar-refractivity contribution in [2.24, 2.45) is 5.73 Å². The molecular formula is C9H10BrNO. The largest absolute Gasteiger partial charge is 0.506 e. The lowest BCUT2D eigenvalue weighted by molar-refractivity contribution is 0.462. The molecule has 0 unspecified atom stereocenters. The number of halogens is 1. The van der Waals surface area contributed by atoms with Crippen molar-refractivity contribution in [3.63, 3.8) is 0 Å². The first kappa shape index (κ1) is 9.29. The second-order valence-corrected chi connectivity index (χ2v) is 3.29. The second-order valence-electron chi connectivity index (χ2n) is 2.44. The summed E-state index contributed by atoms with van der Waals surface area (Å²) in [7, 11) is 0. The van der Waals surface area contributed by atoms with Gasteiger partial charge in [0.2, 0.25) is 0 Å². The second kappa shape index (κ2) is 3.74. The summed E-state index contributed by atoms with van der Waals surface area (Å²) in [5, 5.41) is 9.52. The van der Waals surface area contributed by atoms with Gasteiger partial charge in [-0.25, -0.2) is 0 Å². The topological polar surface area (TPSA) is 46.2 Å². The van der Waals surface area contributed by atoms with Crippen molar-refractivity contribution in [2.45, 2.75) is 6.04 Å². The Hall–Kier alpha value is -0.800. The molecule has 1 rings (SSSR count). The first-order valence-corrected chi connectivity index (χ1v) is 4.31. The van der Waals surface area contributed by atoms with E-state index in [-0.39, 0.29) is 11.8 Å². The van der Waals surface area contributed by atoms with Crippen LogP contribution in [0.25, 0.3) is 0 Å². The van der Waals surface area contributed by atoms with Gasteiger partial charge in [0.25, 0.3) is 0 Å². The van der Waals surface area contributed by atoms with E-state index in [0.29, 0.717) is 10.0 Å². The van der Waals surface area contributed by atoms with E-state index >= 15 is 0 Å². The molecule has 0 aliphatic rings. The Labute approximate surface area is 79.8 Å². The van der Waals surface area contributed by atoms with Gasteiger partial charge in [0, 0.05) is 5.56 Å². The van der Waals surface area contributed by atoms with Gasteiger partial charge < -0.3 is 10.8 Å². The summed E-state index contributed by atoms with van der Waals surface area (Å²) in [5.41, 5.74) is 6.35. The molecule has 0 saturated carbocycles. The number of nitrogens with two attached hydrogens (primary N) is 1. The zero-order valence-corrected chi connectivity index (χ0v) is 8.08. The molecule has 0 fully saturated rings. The highest BCUT2D eigenvalue weighted by atomic mass is 79.9. The van der Waals surface area contributed by atoms with Gasteiger partial charge in [0.05, 0.1) is 10.5 Å². The highest BCUT2D eigenvalue weighted by Crippen LogP contribution is 2.30. The van der Waals surface area contributed by atoms with Gasteiger partial charge in [0.1, 0.15) is 5.75 Å². The van der Waals surface area contributed by atoms with Crippen LogP contribution in [-0.4, -0.2) is 5.11 Å². The minimum absolute atomic E-state index is 0.185. The summed E-state index contributed by atoms with van der Waals surface area (Å²) in [6.07, 6.45) is 1.58. The third-order valence-electron chi connectivity index (χ3n) is 1.63. The van der Waals surface area contributed by atoms with Crippen molar-refractivity contribution >= 4 is 15.9 Å². The van der Waals surface area contributed by atoms with Crippen molar-refractivity contribution in [3.8, 4) is 5.75 Å². The fourth-order valence-corrected chi connectivity index (χ4v) is 1.31. The van der Waals surface area contributed by atoms with Gasteiger partial charge in [-0.05, 0) is 22.0 Å². The minimum atomic E-state index is -0.317. The summed E-state index contributed by atoms with van der Waals surface area (Å²) >= 11 is 3.20. The maximum atomic E-state index is 9.52. The first-order valence-electron chi connectivity index (χ1n) is 3.52. The fourth-order valence-electron chi connectivity index (χ4n) is 0.928. The summed E-state index contributed by atoms with van der Waals surface area (Å²) in [4.78, 5) is 0. The number of para-hydroxylation sites is 1. The number of phenolic OH excluding ortho intramolecular Hbond substituents is 1. The Morgan fingerprint density at radius 1 is 1.58 bits per heavy atom. The molecular weight excluding hydrogens is 218 g/mol. The third-order valence-corrected chi connectivity index (χ3v) is 2.27. The standard InChI is InChI=1S/C9H10BrNO/c1-2-8(11)6-4-3-5-7(10)9(6)12/h2-5,8,12H,1,11H2/t8-/m0/s1. The predicted molar refractivity (Wildman–Crippen MR) is 52.9 cm³/mol. The molecule has 0 aliphatic carbocycles. The van der Waals surface area contributed by atoms with E-state index in [1.54, 1.807) is 18.2 Å². The summed E-state index contributed by atoms with van der Waals surface area (Å²) in [6, 6.07) is 5.03. The van der Waals surface area contributed by atoms with Crippen LogP contribution in [0.5, 0.6) is 5.75 Å². The lowest BCUT2D eigenvalue weighted by Gasteiger charge is -2.09. The average Bonchev–Trinajstić information content (AvgIpc) is 2.08. The third kappa shape index (κ3) is 1.68. The molecule has 64 valence electrons. The molecule has 12 heavy (non-hydrogen) atoms. The van der Waals surface area contributed by atoms with Crippen LogP contribution in [0, 0.1) is 0 Å². The summed E-state index contributed by atoms with van der Waals surface area (Å²) in [5.74, 6) is 0.185. The van der Waals surface area contributed by atoms with Crippen LogP contribution in [0.3, 0.4) is 0 Å². The molecule has 1 aromatic carbocycles. The Bertz CT molecular complexity index is 299. The summed E-state index contributed by atoms with van der Waals surface area (Å²) < 4.78 is 0.650. The highest BCUT2D eigenvalue weighted by Gasteiger charge is 2.08. The maximum absolute atomic E-state index is 9.52. The Morgan fingerprint density at radius 2 is 2.25 bits per heavy atom. The molecule has 1 aromatic rings. The molecule has 0 aromatic heterocycles. The molecule has 3 heteroatoms. The van der Waals surface area contributed by atoms with Gasteiger partial charge in [-0.15, -0.1) is 6.58 Å². The van der Waals surface area contributed by atoms with Crippen LogP contribution in [0.4, 0.5) is 0 Å². The van der Waals surface area contributed by atoms with Gasteiger partial charge >= 0.3 is 0 Å². The van der Waals surface area contributed by atoms with E-state index in [9.17, 15) is 5.11 Å². The quantitative estimate of drug-likeness (QED) is 0.763. The van der Waals surface area contributed by atoms with Crippen molar-refractivity contribution in [3.05, 3.63) is 40.9 Å². The smallest absolute Gasteiger partial charge is 0.134 e. The van der Waals surface area contributed by atoms with Crippen LogP contribution in [0.2, 0.25) is 0 Å². The van der Waals surface area contributed by atoms with E-state index < -0.39 is 0 Å². The molecule has 0 saturated heterocycles. The van der Waals surface area contributed by atoms with Crippen LogP contribution in [0.15, 0.2) is 35.3 Å². The van der Waals surface area contributed by atoms with Crippen LogP contribution < -0.4 is 5.73 Å². The average molecular weight is 228 g/mol. The Kier molecular flexibility index (Phi) is 2.89. The maximum Gasteiger partial charge on any atom is 0.134 e. The van der Waals surface area contributed by atoms with Crippen molar-refractivity contribution in [1.82, 2.24) is 0 Å². The molecule has 2 nitrogen and oxygen atoms in total. The van der Waals surface area contributed by atoms with Crippen LogP contribution in [-0.2, 0) is 0 Å². The number of benzene rings is 1. The van der Waals surface area contributed by atoms with Gasteiger partial charge in [-0.1, -0.05) is 18.2 Å². The normalized spacial score (nSPS) is 12.5. The SMILES string of the molecule is C=C[C@H](N)c1cccc(Br)c1O. The van der Waals surface area contributed by atoms with Gasteiger partial charge in [0.15, 0.2) is 0 Å². The lowest BCUT2D eigenvalue weighted by atomic mass is 10.1. The molecule has 0 radical (unpaired) electrons. The number of rotatable bonds is 2.